The molecule has 16 heavy (non-hydrogen) atoms. The summed E-state index contributed by atoms with van der Waals surface area (Å²) < 4.78 is 5.14. The van der Waals surface area contributed by atoms with Crippen LogP contribution < -0.4 is 16.0 Å². The third-order valence-electron chi connectivity index (χ3n) is 2.13. The van der Waals surface area contributed by atoms with Gasteiger partial charge in [-0.3, -0.25) is 0 Å². The molecule has 0 bridgehead atoms. The largest absolute Gasteiger partial charge is 0.497 e. The molecule has 1 aromatic carbocycles. The monoisotopic (exact) mass is 216 g/mol. The predicted octanol–water partition coefficient (Wildman–Crippen LogP) is 1.44. The van der Waals surface area contributed by atoms with Gasteiger partial charge in [-0.1, -0.05) is 12.1 Å². The zero-order valence-electron chi connectivity index (χ0n) is 8.84. The van der Waals surface area contributed by atoms with E-state index in [1.165, 1.54) is 0 Å². The molecule has 2 aromatic rings. The zero-order valence-corrected chi connectivity index (χ0v) is 8.84. The van der Waals surface area contributed by atoms with Crippen LogP contribution in [0.3, 0.4) is 0 Å². The Morgan fingerprint density at radius 2 is 2.19 bits per heavy atom. The minimum Gasteiger partial charge on any atom is -0.497 e. The molecule has 0 saturated heterocycles. The standard InChI is InChI=1S/C11H12N4O/c1-16-9-4-2-3-8(7-9)11-13-6-5-10(14-11)15-12/h2-7H,12H2,1H3,(H,13,14,15). The van der Waals surface area contributed by atoms with Crippen molar-refractivity contribution in [1.82, 2.24) is 9.97 Å². The number of anilines is 1. The Morgan fingerprint density at radius 3 is 2.94 bits per heavy atom. The van der Waals surface area contributed by atoms with Gasteiger partial charge in [-0.05, 0) is 12.1 Å². The van der Waals surface area contributed by atoms with Crippen LogP contribution in [0.1, 0.15) is 0 Å². The maximum Gasteiger partial charge on any atom is 0.161 e. The molecule has 0 aliphatic rings. The van der Waals surface area contributed by atoms with Crippen molar-refractivity contribution in [3.8, 4) is 17.1 Å². The Bertz CT molecular complexity index is 441. The summed E-state index contributed by atoms with van der Waals surface area (Å²) in [5, 5.41) is 0. The number of methoxy groups -OCH3 is 1. The first-order valence-electron chi connectivity index (χ1n) is 4.77. The number of ether oxygens (including phenoxy) is 1. The zero-order chi connectivity index (χ0) is 11.4. The molecule has 0 fully saturated rings. The molecule has 0 atom stereocenters. The number of hydrogen-bond donors (Lipinski definition) is 2. The van der Waals surface area contributed by atoms with Crippen LogP contribution in [-0.4, -0.2) is 17.1 Å². The van der Waals surface area contributed by atoms with Crippen molar-refractivity contribution in [3.63, 3.8) is 0 Å². The Labute approximate surface area is 93.3 Å². The number of nitrogens with zero attached hydrogens (tertiary/aromatic N) is 2. The van der Waals surface area contributed by atoms with Gasteiger partial charge in [-0.25, -0.2) is 15.8 Å². The number of hydrazine groups is 1. The van der Waals surface area contributed by atoms with Gasteiger partial charge in [0.1, 0.15) is 11.6 Å². The Balaban J connectivity index is 2.41. The second-order valence-corrected chi connectivity index (χ2v) is 3.14. The molecule has 0 aliphatic heterocycles. The van der Waals surface area contributed by atoms with Gasteiger partial charge in [0.2, 0.25) is 0 Å². The number of nitrogens with one attached hydrogen (secondary N) is 1. The average molecular weight is 216 g/mol. The van der Waals surface area contributed by atoms with E-state index in [-0.39, 0.29) is 0 Å². The van der Waals surface area contributed by atoms with Crippen molar-refractivity contribution < 1.29 is 4.74 Å². The maximum absolute atomic E-state index is 5.29. The number of hydrogen-bond acceptors (Lipinski definition) is 5. The van der Waals surface area contributed by atoms with Gasteiger partial charge in [0, 0.05) is 17.8 Å². The average Bonchev–Trinajstić information content (AvgIpc) is 2.39. The molecule has 5 nitrogen and oxygen atoms in total. The van der Waals surface area contributed by atoms with Crippen LogP contribution >= 0.6 is 0 Å². The van der Waals surface area contributed by atoms with Gasteiger partial charge >= 0.3 is 0 Å². The van der Waals surface area contributed by atoms with Gasteiger partial charge in [0.15, 0.2) is 5.82 Å². The first-order valence-corrected chi connectivity index (χ1v) is 4.77. The first kappa shape index (κ1) is 10.4. The molecular weight excluding hydrogens is 204 g/mol. The topological polar surface area (TPSA) is 73.1 Å². The Morgan fingerprint density at radius 1 is 1.31 bits per heavy atom. The SMILES string of the molecule is COc1cccc(-c2nccc(NN)n2)c1. The molecule has 82 valence electrons. The van der Waals surface area contributed by atoms with E-state index >= 15 is 0 Å². The van der Waals surface area contributed by atoms with Crippen LogP contribution in [0.5, 0.6) is 5.75 Å². The summed E-state index contributed by atoms with van der Waals surface area (Å²) in [5.74, 6) is 7.24. The third-order valence-corrected chi connectivity index (χ3v) is 2.13. The van der Waals surface area contributed by atoms with E-state index in [0.717, 1.165) is 11.3 Å². The number of aromatic nitrogens is 2. The van der Waals surface area contributed by atoms with E-state index in [1.807, 2.05) is 24.3 Å². The van der Waals surface area contributed by atoms with E-state index < -0.39 is 0 Å². The molecule has 0 spiro atoms. The van der Waals surface area contributed by atoms with E-state index in [1.54, 1.807) is 19.4 Å². The maximum atomic E-state index is 5.29. The number of rotatable bonds is 3. The molecule has 2 rings (SSSR count). The Hall–Kier alpha value is -2.14. The third kappa shape index (κ3) is 2.09. The smallest absolute Gasteiger partial charge is 0.161 e. The Kier molecular flexibility index (Phi) is 2.98. The predicted molar refractivity (Wildman–Crippen MR) is 61.8 cm³/mol. The molecule has 0 aliphatic carbocycles. The second-order valence-electron chi connectivity index (χ2n) is 3.14. The highest BCUT2D eigenvalue weighted by Gasteiger charge is 2.03. The van der Waals surface area contributed by atoms with Gasteiger partial charge in [-0.15, -0.1) is 0 Å². The van der Waals surface area contributed by atoms with Gasteiger partial charge in [0.25, 0.3) is 0 Å². The summed E-state index contributed by atoms with van der Waals surface area (Å²) in [7, 11) is 1.62. The summed E-state index contributed by atoms with van der Waals surface area (Å²) in [6, 6.07) is 9.24. The van der Waals surface area contributed by atoms with Crippen LogP contribution in [-0.2, 0) is 0 Å². The van der Waals surface area contributed by atoms with Crippen molar-refractivity contribution in [2.24, 2.45) is 5.84 Å². The van der Waals surface area contributed by atoms with Crippen molar-refractivity contribution in [1.29, 1.82) is 0 Å². The van der Waals surface area contributed by atoms with Crippen molar-refractivity contribution >= 4 is 5.82 Å². The molecule has 0 unspecified atom stereocenters. The molecular formula is C11H12N4O. The quantitative estimate of drug-likeness (QED) is 0.600. The molecule has 0 amide bonds. The van der Waals surface area contributed by atoms with Crippen LogP contribution in [0.2, 0.25) is 0 Å². The molecule has 1 heterocycles. The minimum absolute atomic E-state index is 0.577. The van der Waals surface area contributed by atoms with Gasteiger partial charge in [-0.2, -0.15) is 0 Å². The molecule has 5 heteroatoms. The second kappa shape index (κ2) is 4.59. The number of benzene rings is 1. The summed E-state index contributed by atoms with van der Waals surface area (Å²) in [4.78, 5) is 8.40. The van der Waals surface area contributed by atoms with Crippen LogP contribution in [0, 0.1) is 0 Å². The highest BCUT2D eigenvalue weighted by molar-refractivity contribution is 5.58. The lowest BCUT2D eigenvalue weighted by atomic mass is 10.2. The minimum atomic E-state index is 0.577. The summed E-state index contributed by atoms with van der Waals surface area (Å²) >= 11 is 0. The number of nitrogen functional groups attached to an aromatic ring is 1. The van der Waals surface area contributed by atoms with Crippen LogP contribution in [0.15, 0.2) is 36.5 Å². The van der Waals surface area contributed by atoms with Gasteiger partial charge in [0.05, 0.1) is 7.11 Å². The highest BCUT2D eigenvalue weighted by atomic mass is 16.5. The molecule has 3 N–H and O–H groups in total. The van der Waals surface area contributed by atoms with Crippen molar-refractivity contribution in [2.45, 2.75) is 0 Å². The molecule has 0 saturated carbocycles. The fourth-order valence-corrected chi connectivity index (χ4v) is 1.34. The summed E-state index contributed by atoms with van der Waals surface area (Å²) in [5.41, 5.74) is 3.37. The highest BCUT2D eigenvalue weighted by Crippen LogP contribution is 2.21. The lowest BCUT2D eigenvalue weighted by Gasteiger charge is -2.04. The van der Waals surface area contributed by atoms with Gasteiger partial charge < -0.3 is 10.2 Å². The molecule has 0 radical (unpaired) electrons. The fraction of sp³-hybridized carbons (Fsp3) is 0.0909. The van der Waals surface area contributed by atoms with Crippen LogP contribution in [0.4, 0.5) is 5.82 Å². The van der Waals surface area contributed by atoms with Crippen molar-refractivity contribution in [3.05, 3.63) is 36.5 Å². The van der Waals surface area contributed by atoms with E-state index in [2.05, 4.69) is 15.4 Å². The van der Waals surface area contributed by atoms with Crippen molar-refractivity contribution in [2.75, 3.05) is 12.5 Å². The summed E-state index contributed by atoms with van der Waals surface area (Å²) in [6.07, 6.45) is 1.65. The molecule has 1 aromatic heterocycles. The fourth-order valence-electron chi connectivity index (χ4n) is 1.34. The first-order chi connectivity index (χ1) is 7.83. The number of nitrogens with two attached hydrogens (primary N) is 1. The summed E-state index contributed by atoms with van der Waals surface area (Å²) in [6.45, 7) is 0. The van der Waals surface area contributed by atoms with E-state index in [4.69, 9.17) is 10.6 Å². The van der Waals surface area contributed by atoms with E-state index in [0.29, 0.717) is 11.6 Å². The lowest BCUT2D eigenvalue weighted by Crippen LogP contribution is -2.09. The normalized spacial score (nSPS) is 9.88. The van der Waals surface area contributed by atoms with E-state index in [9.17, 15) is 0 Å². The lowest BCUT2D eigenvalue weighted by molar-refractivity contribution is 0.415. The van der Waals surface area contributed by atoms with Crippen LogP contribution in [0.25, 0.3) is 11.4 Å².